The van der Waals surface area contributed by atoms with E-state index in [1.54, 1.807) is 6.20 Å². The zero-order valence-electron chi connectivity index (χ0n) is 22.8. The predicted molar refractivity (Wildman–Crippen MR) is 155 cm³/mol. The molecule has 0 amide bonds. The Morgan fingerprint density at radius 3 is 2.76 bits per heavy atom. The lowest BCUT2D eigenvalue weighted by Crippen LogP contribution is -2.35. The highest BCUT2D eigenvalue weighted by atomic mass is 35.5. The lowest BCUT2D eigenvalue weighted by molar-refractivity contribution is -0.137. The summed E-state index contributed by atoms with van der Waals surface area (Å²) in [5.74, 6) is -1.47. The minimum absolute atomic E-state index is 0.146. The largest absolute Gasteiger partial charge is 0.508 e. The molecule has 41 heavy (non-hydrogen) atoms. The Hall–Kier alpha value is -3.86. The molecule has 2 aromatic heterocycles. The maximum atomic E-state index is 14.1. The highest BCUT2D eigenvalue weighted by molar-refractivity contribution is 6.31. The summed E-state index contributed by atoms with van der Waals surface area (Å²) in [4.78, 5) is 36.0. The van der Waals surface area contributed by atoms with E-state index in [2.05, 4.69) is 20.2 Å². The lowest BCUT2D eigenvalue weighted by Gasteiger charge is -2.23. The van der Waals surface area contributed by atoms with Crippen LogP contribution in [0.1, 0.15) is 30.4 Å². The van der Waals surface area contributed by atoms with Crippen LogP contribution < -0.4 is 10.9 Å². The molecule has 9 nitrogen and oxygen atoms in total. The molecule has 0 spiro atoms. The first-order valence-corrected chi connectivity index (χ1v) is 13.8. The zero-order valence-corrected chi connectivity index (χ0v) is 23.5. The molecule has 0 aliphatic carbocycles. The fourth-order valence-electron chi connectivity index (χ4n) is 5.63. The molecule has 1 aliphatic rings. The molecule has 3 N–H and O–H groups in total. The molecule has 1 aliphatic heterocycles. The number of benzene rings is 2. The summed E-state index contributed by atoms with van der Waals surface area (Å²) >= 11 is 6.40. The van der Waals surface area contributed by atoms with Gasteiger partial charge in [0.05, 0.1) is 11.1 Å². The van der Waals surface area contributed by atoms with Crippen LogP contribution in [0, 0.1) is 18.7 Å². The number of carboxylic acid groups (broad SMARTS) is 1. The Morgan fingerprint density at radius 1 is 1.22 bits per heavy atom. The normalized spacial score (nSPS) is 17.0. The zero-order chi connectivity index (χ0) is 29.3. The average molecular weight is 580 g/mol. The molecule has 11 heteroatoms. The first-order chi connectivity index (χ1) is 19.6. The third-order valence-corrected chi connectivity index (χ3v) is 7.65. The van der Waals surface area contributed by atoms with Crippen LogP contribution in [0.4, 0.5) is 4.39 Å². The quantitative estimate of drug-likeness (QED) is 0.264. The Bertz CT molecular complexity index is 1630. The van der Waals surface area contributed by atoms with Gasteiger partial charge in [0.15, 0.2) is 5.65 Å². The number of nitrogens with zero attached hydrogens (tertiary/aromatic N) is 4. The van der Waals surface area contributed by atoms with Gasteiger partial charge in [0.25, 0.3) is 5.56 Å². The molecule has 214 valence electrons. The number of carboxylic acids is 1. The smallest absolute Gasteiger partial charge is 0.303 e. The van der Waals surface area contributed by atoms with Gasteiger partial charge in [-0.25, -0.2) is 14.4 Å². The number of hydrogen-bond donors (Lipinski definition) is 3. The van der Waals surface area contributed by atoms with Gasteiger partial charge in [-0.2, -0.15) is 0 Å². The van der Waals surface area contributed by atoms with E-state index in [4.69, 9.17) is 16.7 Å². The number of rotatable bonds is 9. The summed E-state index contributed by atoms with van der Waals surface area (Å²) in [5, 5.41) is 23.3. The summed E-state index contributed by atoms with van der Waals surface area (Å²) in [6, 6.07) is 9.25. The third kappa shape index (κ3) is 6.56. The van der Waals surface area contributed by atoms with Crippen LogP contribution in [0.15, 0.2) is 53.7 Å². The van der Waals surface area contributed by atoms with Crippen molar-refractivity contribution >= 4 is 28.6 Å². The van der Waals surface area contributed by atoms with Crippen molar-refractivity contribution in [3.05, 3.63) is 81.2 Å². The van der Waals surface area contributed by atoms with Crippen LogP contribution in [0.25, 0.3) is 27.8 Å². The van der Waals surface area contributed by atoms with Crippen molar-refractivity contribution in [3.8, 4) is 22.6 Å². The van der Waals surface area contributed by atoms with Crippen LogP contribution in [-0.2, 0) is 11.3 Å². The number of aromatic nitrogens is 3. The number of nitrogens with one attached hydrogen (secondary N) is 1. The summed E-state index contributed by atoms with van der Waals surface area (Å²) in [5.41, 5.74) is 3.15. The van der Waals surface area contributed by atoms with Gasteiger partial charge in [-0.3, -0.25) is 14.2 Å². The first-order valence-electron chi connectivity index (χ1n) is 13.4. The van der Waals surface area contributed by atoms with Crippen LogP contribution in [0.2, 0.25) is 5.02 Å². The van der Waals surface area contributed by atoms with Gasteiger partial charge in [-0.05, 0) is 74.2 Å². The van der Waals surface area contributed by atoms with E-state index in [1.807, 2.05) is 32.2 Å². The second-order valence-corrected chi connectivity index (χ2v) is 11.2. The number of likely N-dealkylation sites (N-methyl/N-ethyl adjacent to an activating group) is 1. The van der Waals surface area contributed by atoms with Crippen molar-refractivity contribution in [3.63, 3.8) is 0 Å². The van der Waals surface area contributed by atoms with Crippen molar-refractivity contribution in [2.24, 2.45) is 5.92 Å². The minimum Gasteiger partial charge on any atom is -0.508 e. The number of aliphatic carboxylic acids is 1. The van der Waals surface area contributed by atoms with E-state index in [0.717, 1.165) is 41.8 Å². The van der Waals surface area contributed by atoms with Crippen molar-refractivity contribution in [1.29, 1.82) is 0 Å². The SMILES string of the molecule is Cc1cc(Cl)cc(-c2cnc3ncn(-c4cc(O)cc(F)c4)c(=O)c3c2CN(C)C[C@@H]2CC(CCC(=O)O)CN2)c1. The number of aryl methyl sites for hydroxylation is 1. The molecule has 3 heterocycles. The topological polar surface area (TPSA) is 121 Å². The number of phenolic OH excluding ortho intramolecular Hbond substituents is 1. The highest BCUT2D eigenvalue weighted by Crippen LogP contribution is 2.31. The molecular formula is C30H31ClFN5O4. The summed E-state index contributed by atoms with van der Waals surface area (Å²) in [6.07, 6.45) is 4.63. The maximum absolute atomic E-state index is 14.1. The van der Waals surface area contributed by atoms with E-state index >= 15 is 0 Å². The first kappa shape index (κ1) is 28.7. The summed E-state index contributed by atoms with van der Waals surface area (Å²) in [7, 11) is 1.96. The van der Waals surface area contributed by atoms with E-state index in [-0.39, 0.29) is 34.9 Å². The molecular weight excluding hydrogens is 549 g/mol. The number of pyridine rings is 1. The standard InChI is InChI=1S/C30H31ClFN5O4/c1-17-5-19(8-20(31)6-17)25-13-34-29-28(30(41)37(16-35-29)23-9-21(32)10-24(38)11-23)26(25)15-36(2)14-22-7-18(12-33-22)3-4-27(39)40/h5-6,8-11,13,16,18,22,33,38H,3-4,7,12,14-15H2,1-2H3,(H,39,40)/t18?,22-/m0/s1. The minimum atomic E-state index is -0.786. The predicted octanol–water partition coefficient (Wildman–Crippen LogP) is 4.53. The molecule has 5 rings (SSSR count). The molecule has 1 fully saturated rings. The molecule has 2 atom stereocenters. The monoisotopic (exact) mass is 579 g/mol. The molecule has 0 bridgehead atoms. The fraction of sp³-hybridized carbons (Fsp3) is 0.333. The van der Waals surface area contributed by atoms with E-state index in [9.17, 15) is 19.1 Å². The Kier molecular flexibility index (Phi) is 8.35. The summed E-state index contributed by atoms with van der Waals surface area (Å²) in [6.45, 7) is 3.76. The van der Waals surface area contributed by atoms with E-state index in [0.29, 0.717) is 36.0 Å². The molecule has 1 unspecified atom stereocenters. The molecule has 1 saturated heterocycles. The molecule has 4 aromatic rings. The van der Waals surface area contributed by atoms with Gasteiger partial charge in [-0.15, -0.1) is 0 Å². The number of hydrogen-bond acceptors (Lipinski definition) is 7. The number of phenols is 1. The van der Waals surface area contributed by atoms with Gasteiger partial charge in [0, 0.05) is 54.5 Å². The summed E-state index contributed by atoms with van der Waals surface area (Å²) < 4.78 is 15.3. The fourth-order valence-corrected chi connectivity index (χ4v) is 5.92. The Balaban J connectivity index is 1.56. The Labute approximate surface area is 241 Å². The number of aromatic hydroxyl groups is 1. The molecule has 2 aromatic carbocycles. The van der Waals surface area contributed by atoms with Crippen LogP contribution in [0.5, 0.6) is 5.75 Å². The number of carbonyl (C=O) groups is 1. The van der Waals surface area contributed by atoms with Crippen molar-refractivity contribution in [2.75, 3.05) is 20.1 Å². The second-order valence-electron chi connectivity index (χ2n) is 10.8. The number of halogens is 2. The van der Waals surface area contributed by atoms with E-state index < -0.39 is 17.3 Å². The van der Waals surface area contributed by atoms with Gasteiger partial charge in [0.2, 0.25) is 0 Å². The van der Waals surface area contributed by atoms with Gasteiger partial charge in [0.1, 0.15) is 17.9 Å². The van der Waals surface area contributed by atoms with E-state index in [1.165, 1.54) is 17.0 Å². The van der Waals surface area contributed by atoms with Crippen molar-refractivity contribution < 1.29 is 19.4 Å². The van der Waals surface area contributed by atoms with Gasteiger partial charge in [-0.1, -0.05) is 17.7 Å². The molecule has 0 saturated carbocycles. The molecule has 0 radical (unpaired) electrons. The van der Waals surface area contributed by atoms with Crippen LogP contribution in [0.3, 0.4) is 0 Å². The number of fused-ring (bicyclic) bond motifs is 1. The second kappa shape index (κ2) is 11.9. The van der Waals surface area contributed by atoms with Crippen LogP contribution in [-0.4, -0.2) is 61.8 Å². The van der Waals surface area contributed by atoms with Crippen LogP contribution >= 0.6 is 11.6 Å². The third-order valence-electron chi connectivity index (χ3n) is 7.43. The Morgan fingerprint density at radius 2 is 2.02 bits per heavy atom. The lowest BCUT2D eigenvalue weighted by atomic mass is 9.97. The highest BCUT2D eigenvalue weighted by Gasteiger charge is 2.26. The van der Waals surface area contributed by atoms with Crippen molar-refractivity contribution in [2.45, 2.75) is 38.8 Å². The van der Waals surface area contributed by atoms with Gasteiger partial charge < -0.3 is 20.4 Å². The van der Waals surface area contributed by atoms with Gasteiger partial charge >= 0.3 is 5.97 Å². The van der Waals surface area contributed by atoms with Crippen molar-refractivity contribution in [1.82, 2.24) is 24.8 Å². The maximum Gasteiger partial charge on any atom is 0.303 e. The average Bonchev–Trinajstić information content (AvgIpc) is 3.33.